The third kappa shape index (κ3) is 5.41. The van der Waals surface area contributed by atoms with Crippen molar-refractivity contribution in [2.45, 2.75) is 40.2 Å². The predicted octanol–water partition coefficient (Wildman–Crippen LogP) is 5.92. The topological polar surface area (TPSA) is 79.0 Å². The van der Waals surface area contributed by atoms with Crippen LogP contribution in [0, 0.1) is 5.82 Å². The van der Waals surface area contributed by atoms with Gasteiger partial charge in [0.2, 0.25) is 5.91 Å². The first-order valence-electron chi connectivity index (χ1n) is 12.1. The molecule has 2 heterocycles. The molecule has 9 heteroatoms. The number of hydrogen-bond acceptors (Lipinski definition) is 6. The molecule has 0 atom stereocenters. The number of nitrogens with one attached hydrogen (secondary N) is 1. The molecule has 2 aromatic rings. The monoisotopic (exact) mass is 523 g/mol. The van der Waals surface area contributed by atoms with Crippen molar-refractivity contribution in [3.63, 3.8) is 0 Å². The van der Waals surface area contributed by atoms with E-state index in [0.29, 0.717) is 36.4 Å². The van der Waals surface area contributed by atoms with Crippen LogP contribution in [0.2, 0.25) is 0 Å². The Balaban J connectivity index is 1.52. The van der Waals surface area contributed by atoms with Gasteiger partial charge in [-0.2, -0.15) is 0 Å². The molecular formula is C28H30FN3O4S. The molecule has 4 rings (SSSR count). The van der Waals surface area contributed by atoms with Gasteiger partial charge in [-0.1, -0.05) is 6.08 Å². The van der Waals surface area contributed by atoms with Gasteiger partial charge in [0, 0.05) is 29.0 Å². The molecule has 0 aliphatic carbocycles. The van der Waals surface area contributed by atoms with Crippen LogP contribution in [0.25, 0.3) is 11.6 Å². The van der Waals surface area contributed by atoms with Gasteiger partial charge in [0.25, 0.3) is 11.1 Å². The molecule has 0 bridgehead atoms. The Morgan fingerprint density at radius 2 is 1.86 bits per heavy atom. The maximum Gasteiger partial charge on any atom is 0.294 e. The van der Waals surface area contributed by atoms with Gasteiger partial charge in [-0.3, -0.25) is 19.3 Å². The number of allylic oxidation sites excluding steroid dienone is 1. The minimum absolute atomic E-state index is 0.0721. The second-order valence-electron chi connectivity index (χ2n) is 9.39. The van der Waals surface area contributed by atoms with Crippen molar-refractivity contribution in [3.8, 4) is 5.75 Å². The molecule has 0 unspecified atom stereocenters. The molecule has 2 aliphatic rings. The number of rotatable bonds is 7. The van der Waals surface area contributed by atoms with Crippen LogP contribution in [-0.2, 0) is 9.59 Å². The van der Waals surface area contributed by atoms with Crippen molar-refractivity contribution in [2.24, 2.45) is 0 Å². The number of imide groups is 1. The lowest BCUT2D eigenvalue weighted by atomic mass is 9.88. The Labute approximate surface area is 220 Å². The number of carbonyl (C=O) groups is 3. The molecule has 3 amide bonds. The zero-order chi connectivity index (χ0) is 26.9. The Hall–Kier alpha value is -3.59. The summed E-state index contributed by atoms with van der Waals surface area (Å²) in [7, 11) is 0. The summed E-state index contributed by atoms with van der Waals surface area (Å²) in [5.74, 6) is -0.959. The van der Waals surface area contributed by atoms with Gasteiger partial charge in [0.15, 0.2) is 0 Å². The highest BCUT2D eigenvalue weighted by molar-refractivity contribution is 8.18. The number of nitrogens with zero attached hydrogens (tertiary/aromatic N) is 2. The molecule has 1 fully saturated rings. The minimum atomic E-state index is -0.627. The van der Waals surface area contributed by atoms with Crippen molar-refractivity contribution in [1.82, 2.24) is 4.90 Å². The summed E-state index contributed by atoms with van der Waals surface area (Å²) in [5.41, 5.74) is 3.16. The predicted molar refractivity (Wildman–Crippen MR) is 146 cm³/mol. The van der Waals surface area contributed by atoms with Crippen molar-refractivity contribution in [3.05, 3.63) is 64.3 Å². The maximum absolute atomic E-state index is 15.2. The van der Waals surface area contributed by atoms with E-state index >= 15 is 4.39 Å². The number of fused-ring (bicyclic) bond motifs is 1. The van der Waals surface area contributed by atoms with Gasteiger partial charge >= 0.3 is 0 Å². The first kappa shape index (κ1) is 26.5. The number of amides is 3. The van der Waals surface area contributed by atoms with E-state index in [1.807, 2.05) is 20.8 Å². The first-order valence-corrected chi connectivity index (χ1v) is 12.9. The van der Waals surface area contributed by atoms with E-state index in [0.717, 1.165) is 21.7 Å². The van der Waals surface area contributed by atoms with E-state index in [2.05, 4.69) is 30.1 Å². The molecule has 0 aromatic heterocycles. The summed E-state index contributed by atoms with van der Waals surface area (Å²) in [6.45, 7) is 10.8. The van der Waals surface area contributed by atoms with E-state index in [-0.39, 0.29) is 16.0 Å². The SMILES string of the molecule is CCOc1ccc(NC(=O)CN2C(=O)S/C(=C/c3cc4c(cc3F)N(CC)C(C)(C)C=C4C)C2=O)cc1. The van der Waals surface area contributed by atoms with Crippen LogP contribution >= 0.6 is 11.8 Å². The fourth-order valence-electron chi connectivity index (χ4n) is 4.73. The Morgan fingerprint density at radius 1 is 1.16 bits per heavy atom. The number of halogens is 1. The minimum Gasteiger partial charge on any atom is -0.494 e. The number of anilines is 2. The average molecular weight is 524 g/mol. The summed E-state index contributed by atoms with van der Waals surface area (Å²) in [4.78, 5) is 41.1. The van der Waals surface area contributed by atoms with Gasteiger partial charge < -0.3 is 15.0 Å². The fourth-order valence-corrected chi connectivity index (χ4v) is 5.56. The molecule has 194 valence electrons. The first-order chi connectivity index (χ1) is 17.5. The van der Waals surface area contributed by atoms with Crippen LogP contribution in [0.3, 0.4) is 0 Å². The number of carbonyl (C=O) groups excluding carboxylic acids is 3. The van der Waals surface area contributed by atoms with E-state index in [1.165, 1.54) is 12.1 Å². The third-order valence-electron chi connectivity index (χ3n) is 6.32. The van der Waals surface area contributed by atoms with Crippen molar-refractivity contribution in [1.29, 1.82) is 0 Å². The van der Waals surface area contributed by atoms with Crippen LogP contribution in [-0.4, -0.2) is 47.2 Å². The number of thioether (sulfide) groups is 1. The standard InChI is InChI=1S/C28H30FN3O4S/c1-6-32-23-14-22(29)18(12-21(23)17(3)15-28(32,4)5)13-24-26(34)31(27(35)37-24)16-25(33)30-19-8-10-20(11-9-19)36-7-2/h8-15H,6-7,16H2,1-5H3,(H,30,33)/b24-13+. The highest BCUT2D eigenvalue weighted by Crippen LogP contribution is 2.41. The normalized spacial score (nSPS) is 17.7. The molecule has 0 radical (unpaired) electrons. The molecular weight excluding hydrogens is 493 g/mol. The molecule has 1 saturated heterocycles. The highest BCUT2D eigenvalue weighted by atomic mass is 32.2. The van der Waals surface area contributed by atoms with Gasteiger partial charge in [0.1, 0.15) is 18.1 Å². The molecule has 0 saturated carbocycles. The average Bonchev–Trinajstić information content (AvgIpc) is 3.08. The van der Waals surface area contributed by atoms with Gasteiger partial charge in [-0.25, -0.2) is 4.39 Å². The van der Waals surface area contributed by atoms with E-state index < -0.39 is 29.4 Å². The Morgan fingerprint density at radius 3 is 2.51 bits per heavy atom. The smallest absolute Gasteiger partial charge is 0.294 e. The van der Waals surface area contributed by atoms with Crippen LogP contribution < -0.4 is 15.0 Å². The van der Waals surface area contributed by atoms with Crippen LogP contribution in [0.4, 0.5) is 20.6 Å². The van der Waals surface area contributed by atoms with Gasteiger partial charge in [-0.15, -0.1) is 0 Å². The van der Waals surface area contributed by atoms with E-state index in [9.17, 15) is 14.4 Å². The van der Waals surface area contributed by atoms with Gasteiger partial charge in [0.05, 0.1) is 17.1 Å². The molecule has 0 spiro atoms. The maximum atomic E-state index is 15.2. The van der Waals surface area contributed by atoms with E-state index in [4.69, 9.17) is 4.74 Å². The van der Waals surface area contributed by atoms with Crippen molar-refractivity contribution >= 4 is 51.8 Å². The van der Waals surface area contributed by atoms with Crippen LogP contribution in [0.5, 0.6) is 5.75 Å². The second kappa shape index (κ2) is 10.4. The highest BCUT2D eigenvalue weighted by Gasteiger charge is 2.37. The molecule has 37 heavy (non-hydrogen) atoms. The largest absolute Gasteiger partial charge is 0.494 e. The number of benzene rings is 2. The van der Waals surface area contributed by atoms with Crippen molar-refractivity contribution in [2.75, 3.05) is 29.9 Å². The Bertz CT molecular complexity index is 1320. The number of ether oxygens (including phenoxy) is 1. The summed E-state index contributed by atoms with van der Waals surface area (Å²) >= 11 is 0.694. The number of hydrogen-bond donors (Lipinski definition) is 1. The van der Waals surface area contributed by atoms with Crippen molar-refractivity contribution < 1.29 is 23.5 Å². The number of likely N-dealkylation sites (N-methyl/N-ethyl adjacent to an activating group) is 1. The summed E-state index contributed by atoms with van der Waals surface area (Å²) in [5, 5.41) is 2.09. The zero-order valence-electron chi connectivity index (χ0n) is 21.6. The molecule has 2 aliphatic heterocycles. The lowest BCUT2D eigenvalue weighted by molar-refractivity contribution is -0.127. The summed E-state index contributed by atoms with van der Waals surface area (Å²) in [6.07, 6.45) is 3.52. The second-order valence-corrected chi connectivity index (χ2v) is 10.4. The van der Waals surface area contributed by atoms with Crippen LogP contribution in [0.15, 0.2) is 47.4 Å². The van der Waals surface area contributed by atoms with Crippen LogP contribution in [0.1, 0.15) is 45.7 Å². The van der Waals surface area contributed by atoms with E-state index in [1.54, 1.807) is 30.3 Å². The molecule has 7 nitrogen and oxygen atoms in total. The summed E-state index contributed by atoms with van der Waals surface area (Å²) in [6, 6.07) is 9.97. The molecule has 2 aromatic carbocycles. The molecule has 1 N–H and O–H groups in total. The zero-order valence-corrected chi connectivity index (χ0v) is 22.4. The Kier molecular flexibility index (Phi) is 7.45. The lowest BCUT2D eigenvalue weighted by Gasteiger charge is -2.42. The quantitative estimate of drug-likeness (QED) is 0.454. The summed E-state index contributed by atoms with van der Waals surface area (Å²) < 4.78 is 20.6. The fraction of sp³-hybridized carbons (Fsp3) is 0.321. The lowest BCUT2D eigenvalue weighted by Crippen LogP contribution is -2.45. The van der Waals surface area contributed by atoms with Gasteiger partial charge in [-0.05, 0) is 94.4 Å². The third-order valence-corrected chi connectivity index (χ3v) is 7.23.